The fourth-order valence-electron chi connectivity index (χ4n) is 3.22. The van der Waals surface area contributed by atoms with Crippen molar-refractivity contribution in [3.63, 3.8) is 0 Å². The molecular weight excluding hydrogens is 386 g/mol. The van der Waals surface area contributed by atoms with Crippen molar-refractivity contribution in [1.29, 1.82) is 0 Å². The van der Waals surface area contributed by atoms with E-state index in [1.165, 1.54) is 24.3 Å². The van der Waals surface area contributed by atoms with Crippen LogP contribution in [0.15, 0.2) is 54.6 Å². The third kappa shape index (κ3) is 5.66. The van der Waals surface area contributed by atoms with Crippen LogP contribution in [0.4, 0.5) is 5.69 Å². The van der Waals surface area contributed by atoms with E-state index >= 15 is 0 Å². The molecular formula is C22H23N3O5. The summed E-state index contributed by atoms with van der Waals surface area (Å²) in [6, 6.07) is 15.8. The zero-order chi connectivity index (χ0) is 21.5. The first-order valence-corrected chi connectivity index (χ1v) is 9.60. The lowest BCUT2D eigenvalue weighted by Crippen LogP contribution is -2.29. The number of primary amides is 1. The van der Waals surface area contributed by atoms with Gasteiger partial charge in [0, 0.05) is 30.8 Å². The fraction of sp³-hybridized carbons (Fsp3) is 0.273. The third-order valence-electron chi connectivity index (χ3n) is 4.86. The van der Waals surface area contributed by atoms with Gasteiger partial charge in [0.25, 0.3) is 5.91 Å². The summed E-state index contributed by atoms with van der Waals surface area (Å²) in [4.78, 5) is 49.1. The van der Waals surface area contributed by atoms with Gasteiger partial charge in [0.05, 0.1) is 5.92 Å². The predicted molar refractivity (Wildman–Crippen MR) is 109 cm³/mol. The molecule has 2 aromatic carbocycles. The molecule has 2 aromatic rings. The summed E-state index contributed by atoms with van der Waals surface area (Å²) < 4.78 is 5.08. The smallest absolute Gasteiger partial charge is 0.311 e. The Hall–Kier alpha value is -3.68. The largest absolute Gasteiger partial charge is 0.455 e. The number of nitrogens with one attached hydrogen (secondary N) is 1. The number of esters is 1. The van der Waals surface area contributed by atoms with Gasteiger partial charge >= 0.3 is 5.97 Å². The lowest BCUT2D eigenvalue weighted by molar-refractivity contribution is -0.151. The topological polar surface area (TPSA) is 119 Å². The molecule has 3 rings (SSSR count). The molecule has 0 aromatic heterocycles. The van der Waals surface area contributed by atoms with Gasteiger partial charge in [-0.1, -0.05) is 30.3 Å². The normalized spacial score (nSPS) is 15.7. The van der Waals surface area contributed by atoms with Gasteiger partial charge in [-0.2, -0.15) is 0 Å². The number of likely N-dealkylation sites (tertiary alicyclic amines) is 1. The summed E-state index contributed by atoms with van der Waals surface area (Å²) in [6.45, 7) is 0.375. The van der Waals surface area contributed by atoms with Crippen LogP contribution >= 0.6 is 0 Å². The number of amides is 3. The molecule has 0 unspecified atom stereocenters. The van der Waals surface area contributed by atoms with E-state index in [2.05, 4.69) is 5.32 Å². The SMILES string of the molecule is NC(=O)c1ccc(NC(=O)COC(=O)[C@@H]2CC(=O)N(CCc3ccccc3)C2)cc1. The predicted octanol–water partition coefficient (Wildman–Crippen LogP) is 1.36. The van der Waals surface area contributed by atoms with Crippen molar-refractivity contribution in [2.45, 2.75) is 12.8 Å². The minimum atomic E-state index is -0.573. The van der Waals surface area contributed by atoms with Gasteiger partial charge < -0.3 is 20.7 Å². The van der Waals surface area contributed by atoms with E-state index in [4.69, 9.17) is 10.5 Å². The number of rotatable bonds is 8. The van der Waals surface area contributed by atoms with Crippen LogP contribution in [-0.4, -0.2) is 48.3 Å². The maximum atomic E-state index is 12.3. The highest BCUT2D eigenvalue weighted by atomic mass is 16.5. The molecule has 3 amide bonds. The van der Waals surface area contributed by atoms with Crippen LogP contribution in [-0.2, 0) is 25.5 Å². The number of carbonyl (C=O) groups excluding carboxylic acids is 4. The number of hydrogen-bond donors (Lipinski definition) is 2. The summed E-state index contributed by atoms with van der Waals surface area (Å²) in [5.74, 6) is -2.31. The molecule has 0 aliphatic carbocycles. The standard InChI is InChI=1S/C22H23N3O5/c23-21(28)16-6-8-18(9-7-16)24-19(26)14-30-22(29)17-12-20(27)25(13-17)11-10-15-4-2-1-3-5-15/h1-9,17H,10-14H2,(H2,23,28)(H,24,26)/t17-/m1/s1. The van der Waals surface area contributed by atoms with Gasteiger partial charge in [-0.05, 0) is 36.2 Å². The maximum Gasteiger partial charge on any atom is 0.311 e. The van der Waals surface area contributed by atoms with E-state index < -0.39 is 30.3 Å². The van der Waals surface area contributed by atoms with E-state index in [0.717, 1.165) is 5.56 Å². The second-order valence-electron chi connectivity index (χ2n) is 7.07. The van der Waals surface area contributed by atoms with Crippen LogP contribution in [0.2, 0.25) is 0 Å². The van der Waals surface area contributed by atoms with Crippen molar-refractivity contribution in [2.24, 2.45) is 11.7 Å². The van der Waals surface area contributed by atoms with Gasteiger partial charge in [0.1, 0.15) is 0 Å². The Balaban J connectivity index is 1.42. The molecule has 1 fully saturated rings. The number of nitrogens with zero attached hydrogens (tertiary/aromatic N) is 1. The molecule has 1 aliphatic heterocycles. The van der Waals surface area contributed by atoms with Crippen molar-refractivity contribution in [3.05, 3.63) is 65.7 Å². The maximum absolute atomic E-state index is 12.3. The van der Waals surface area contributed by atoms with Crippen LogP contribution in [0.5, 0.6) is 0 Å². The summed E-state index contributed by atoms with van der Waals surface area (Å²) in [5.41, 5.74) is 7.05. The lowest BCUT2D eigenvalue weighted by Gasteiger charge is -2.16. The van der Waals surface area contributed by atoms with Crippen molar-refractivity contribution < 1.29 is 23.9 Å². The lowest BCUT2D eigenvalue weighted by atomic mass is 10.1. The van der Waals surface area contributed by atoms with Gasteiger partial charge in [-0.15, -0.1) is 0 Å². The molecule has 8 heteroatoms. The van der Waals surface area contributed by atoms with Crippen molar-refractivity contribution in [1.82, 2.24) is 4.90 Å². The Labute approximate surface area is 174 Å². The van der Waals surface area contributed by atoms with Crippen LogP contribution in [0.25, 0.3) is 0 Å². The molecule has 156 valence electrons. The molecule has 3 N–H and O–H groups in total. The van der Waals surface area contributed by atoms with Gasteiger partial charge in [-0.25, -0.2) is 0 Å². The first-order chi connectivity index (χ1) is 14.4. The minimum Gasteiger partial charge on any atom is -0.455 e. The Morgan fingerprint density at radius 1 is 1.07 bits per heavy atom. The van der Waals surface area contributed by atoms with Crippen molar-refractivity contribution >= 4 is 29.4 Å². The Morgan fingerprint density at radius 2 is 1.77 bits per heavy atom. The van der Waals surface area contributed by atoms with E-state index in [-0.39, 0.29) is 12.3 Å². The average molecular weight is 409 g/mol. The van der Waals surface area contributed by atoms with Crippen molar-refractivity contribution in [3.8, 4) is 0 Å². The van der Waals surface area contributed by atoms with Gasteiger partial charge in [-0.3, -0.25) is 19.2 Å². The van der Waals surface area contributed by atoms with E-state index in [0.29, 0.717) is 30.8 Å². The van der Waals surface area contributed by atoms with Crippen molar-refractivity contribution in [2.75, 3.05) is 25.0 Å². The summed E-state index contributed by atoms with van der Waals surface area (Å²) in [6.07, 6.45) is 0.801. The number of benzene rings is 2. The first-order valence-electron chi connectivity index (χ1n) is 9.60. The summed E-state index contributed by atoms with van der Waals surface area (Å²) in [5, 5.41) is 2.56. The van der Waals surface area contributed by atoms with E-state index in [9.17, 15) is 19.2 Å². The van der Waals surface area contributed by atoms with E-state index in [1.807, 2.05) is 30.3 Å². The quantitative estimate of drug-likeness (QED) is 0.638. The highest BCUT2D eigenvalue weighted by molar-refractivity contribution is 5.96. The Kier molecular flexibility index (Phi) is 6.79. The number of ether oxygens (including phenoxy) is 1. The molecule has 30 heavy (non-hydrogen) atoms. The molecule has 1 atom stereocenters. The molecule has 8 nitrogen and oxygen atoms in total. The van der Waals surface area contributed by atoms with Crippen LogP contribution in [0.1, 0.15) is 22.3 Å². The monoisotopic (exact) mass is 409 g/mol. The number of hydrogen-bond acceptors (Lipinski definition) is 5. The number of carbonyl (C=O) groups is 4. The molecule has 1 heterocycles. The second-order valence-corrected chi connectivity index (χ2v) is 7.07. The molecule has 1 aliphatic rings. The minimum absolute atomic E-state index is 0.0871. The highest BCUT2D eigenvalue weighted by Gasteiger charge is 2.35. The zero-order valence-corrected chi connectivity index (χ0v) is 16.4. The summed E-state index contributed by atoms with van der Waals surface area (Å²) in [7, 11) is 0. The number of nitrogens with two attached hydrogens (primary N) is 1. The average Bonchev–Trinajstić information content (AvgIpc) is 3.12. The highest BCUT2D eigenvalue weighted by Crippen LogP contribution is 2.20. The second kappa shape index (κ2) is 9.69. The fourth-order valence-corrected chi connectivity index (χ4v) is 3.22. The third-order valence-corrected chi connectivity index (χ3v) is 4.86. The van der Waals surface area contributed by atoms with Crippen LogP contribution in [0.3, 0.4) is 0 Å². The van der Waals surface area contributed by atoms with Gasteiger partial charge in [0.15, 0.2) is 6.61 Å². The molecule has 0 saturated carbocycles. The first kappa shape index (κ1) is 21.0. The zero-order valence-electron chi connectivity index (χ0n) is 16.4. The van der Waals surface area contributed by atoms with Gasteiger partial charge in [0.2, 0.25) is 11.8 Å². The molecule has 0 radical (unpaired) electrons. The molecule has 0 spiro atoms. The summed E-state index contributed by atoms with van der Waals surface area (Å²) >= 11 is 0. The molecule has 0 bridgehead atoms. The number of anilines is 1. The molecule has 1 saturated heterocycles. The Morgan fingerprint density at radius 3 is 2.43 bits per heavy atom. The Bertz CT molecular complexity index is 928. The van der Waals surface area contributed by atoms with Crippen LogP contribution in [0, 0.1) is 5.92 Å². The van der Waals surface area contributed by atoms with E-state index in [1.54, 1.807) is 4.90 Å². The van der Waals surface area contributed by atoms with Crippen LogP contribution < -0.4 is 11.1 Å².